The summed E-state index contributed by atoms with van der Waals surface area (Å²) in [6.45, 7) is 3.41. The van der Waals surface area contributed by atoms with Crippen molar-refractivity contribution in [1.82, 2.24) is 35.1 Å². The third kappa shape index (κ3) is 10.4. The van der Waals surface area contributed by atoms with E-state index in [0.717, 1.165) is 35.3 Å². The van der Waals surface area contributed by atoms with Gasteiger partial charge in [-0.2, -0.15) is 0 Å². The van der Waals surface area contributed by atoms with Gasteiger partial charge in [0.2, 0.25) is 0 Å². The van der Waals surface area contributed by atoms with Crippen LogP contribution in [0.25, 0.3) is 43.6 Å². The fourth-order valence-electron chi connectivity index (χ4n) is 11.2. The van der Waals surface area contributed by atoms with Crippen molar-refractivity contribution in [3.63, 3.8) is 0 Å². The zero-order chi connectivity index (χ0) is 55.7. The minimum absolute atomic E-state index is 0.0313. The number of hydrogen-bond donors (Lipinski definition) is 8. The fourth-order valence-corrected chi connectivity index (χ4v) is 11.2. The molecule has 6 heterocycles. The highest BCUT2D eigenvalue weighted by Gasteiger charge is 2.35. The number of carbonyl (C=O) groups is 3. The first kappa shape index (κ1) is 51.7. The molecule has 2 amide bonds. The molecule has 2 unspecified atom stereocenters. The molecular weight excluding hydrogens is 1020 g/mol. The van der Waals surface area contributed by atoms with Gasteiger partial charge in [-0.05, 0) is 141 Å². The second-order valence-corrected chi connectivity index (χ2v) is 20.3. The van der Waals surface area contributed by atoms with Gasteiger partial charge in [0.05, 0.1) is 17.8 Å². The molecule has 0 radical (unpaired) electrons. The third-order valence-corrected chi connectivity index (χ3v) is 15.1. The fraction of sp³-hybridized carbons (Fsp3) is 0.106. The van der Waals surface area contributed by atoms with Crippen molar-refractivity contribution in [3.8, 4) is 11.5 Å². The molecule has 0 spiro atoms. The Morgan fingerprint density at radius 2 is 1.04 bits per heavy atom. The van der Waals surface area contributed by atoms with Gasteiger partial charge < -0.3 is 51.0 Å². The van der Waals surface area contributed by atoms with E-state index >= 15 is 0 Å². The second kappa shape index (κ2) is 22.0. The number of carbonyl (C=O) groups excluding carboxylic acids is 3. The van der Waals surface area contributed by atoms with Crippen LogP contribution in [0.4, 0.5) is 8.78 Å². The van der Waals surface area contributed by atoms with Gasteiger partial charge in [0.15, 0.2) is 6.29 Å². The first-order valence-electron chi connectivity index (χ1n) is 26.5. The van der Waals surface area contributed by atoms with Gasteiger partial charge in [0.1, 0.15) is 23.1 Å². The van der Waals surface area contributed by atoms with Crippen molar-refractivity contribution in [1.29, 1.82) is 0 Å². The summed E-state index contributed by atoms with van der Waals surface area (Å²) in [4.78, 5) is 42.5. The molecule has 2 atom stereocenters. The summed E-state index contributed by atoms with van der Waals surface area (Å²) in [6, 6.07) is 55.1. The number of hydrogen-bond acceptors (Lipinski definition) is 7. The first-order valence-corrected chi connectivity index (χ1v) is 26.5. The highest BCUT2D eigenvalue weighted by molar-refractivity contribution is 6.03. The molecule has 13 nitrogen and oxygen atoms in total. The maximum Gasteiger partial charge on any atom is 0.252 e. The SMILES string of the molecule is NCc1ccc2ccn(Cc3ccccc3)c2c1.O=C1NC(c2c(CNCc3ccc4ccn(Cc5ccccc5)c4c3)[nH]c3cc(F)ccc23)c2cc(O)ccc21.O=Cc1[nH]c2cc(F)ccc2c1C1NC(=O)c2ccc(O)cc21. The van der Waals surface area contributed by atoms with Crippen molar-refractivity contribution in [2.45, 2.75) is 44.8 Å². The summed E-state index contributed by atoms with van der Waals surface area (Å²) in [7, 11) is 0. The van der Waals surface area contributed by atoms with E-state index in [1.54, 1.807) is 24.3 Å². The molecule has 0 bridgehead atoms. The van der Waals surface area contributed by atoms with Crippen LogP contribution in [0.15, 0.2) is 194 Å². The first-order chi connectivity index (χ1) is 39.5. The molecule has 0 fully saturated rings. The van der Waals surface area contributed by atoms with Crippen molar-refractivity contribution in [2.24, 2.45) is 5.73 Å². The molecule has 8 aromatic carbocycles. The van der Waals surface area contributed by atoms with E-state index in [1.807, 2.05) is 12.1 Å². The van der Waals surface area contributed by atoms with E-state index < -0.39 is 17.9 Å². The number of rotatable bonds is 12. The largest absolute Gasteiger partial charge is 0.508 e. The second-order valence-electron chi connectivity index (χ2n) is 20.3. The monoisotopic (exact) mass is 1080 g/mol. The number of aromatic nitrogens is 4. The van der Waals surface area contributed by atoms with E-state index in [4.69, 9.17) is 5.73 Å². The van der Waals surface area contributed by atoms with Crippen molar-refractivity contribution >= 4 is 61.7 Å². The Balaban J connectivity index is 0.000000134. The smallest absolute Gasteiger partial charge is 0.252 e. The Labute approximate surface area is 463 Å². The Morgan fingerprint density at radius 1 is 0.531 bits per heavy atom. The van der Waals surface area contributed by atoms with E-state index in [9.17, 15) is 33.4 Å². The number of nitrogens with zero attached hydrogens (tertiary/aromatic N) is 2. The highest BCUT2D eigenvalue weighted by Crippen LogP contribution is 2.40. The Hall–Kier alpha value is -10.1. The number of benzene rings is 8. The summed E-state index contributed by atoms with van der Waals surface area (Å²) in [5, 5.41) is 33.2. The van der Waals surface area contributed by atoms with Crippen LogP contribution in [-0.4, -0.2) is 47.4 Å². The molecule has 0 aliphatic carbocycles. The molecule has 81 heavy (non-hydrogen) atoms. The number of nitrogens with one attached hydrogen (secondary N) is 5. The molecule has 14 rings (SSSR count). The van der Waals surface area contributed by atoms with Crippen molar-refractivity contribution in [2.75, 3.05) is 0 Å². The molecule has 0 saturated heterocycles. The van der Waals surface area contributed by atoms with Gasteiger partial charge in [-0.3, -0.25) is 14.4 Å². The lowest BCUT2D eigenvalue weighted by Crippen LogP contribution is -2.22. The van der Waals surface area contributed by atoms with Crippen LogP contribution in [0.1, 0.15) is 93.5 Å². The number of phenols is 2. The lowest BCUT2D eigenvalue weighted by Gasteiger charge is -2.15. The number of aromatic hydroxyl groups is 2. The lowest BCUT2D eigenvalue weighted by atomic mass is 9.95. The number of aldehydes is 1. The Morgan fingerprint density at radius 3 is 1.58 bits per heavy atom. The number of amides is 2. The average Bonchev–Trinajstić information content (AvgIpc) is 4.40. The number of aromatic amines is 2. The molecule has 12 aromatic rings. The molecule has 402 valence electrons. The van der Waals surface area contributed by atoms with Crippen LogP contribution in [-0.2, 0) is 32.7 Å². The molecule has 9 N–H and O–H groups in total. The van der Waals surface area contributed by atoms with Crippen molar-refractivity contribution < 1.29 is 33.4 Å². The van der Waals surface area contributed by atoms with Gasteiger partial charge in [0.25, 0.3) is 11.8 Å². The molecule has 15 heteroatoms. The zero-order valence-corrected chi connectivity index (χ0v) is 43.6. The van der Waals surface area contributed by atoms with Gasteiger partial charge in [-0.25, -0.2) is 8.78 Å². The molecule has 0 saturated carbocycles. The normalized spacial score (nSPS) is 14.3. The molecular formula is C66H54F2N8O5. The predicted molar refractivity (Wildman–Crippen MR) is 310 cm³/mol. The number of H-pyrrole nitrogens is 2. The Bertz CT molecular complexity index is 4350. The van der Waals surface area contributed by atoms with E-state index in [-0.39, 0.29) is 34.8 Å². The summed E-state index contributed by atoms with van der Waals surface area (Å²) in [5.41, 5.74) is 19.0. The highest BCUT2D eigenvalue weighted by atomic mass is 19.1. The molecule has 2 aliphatic heterocycles. The van der Waals surface area contributed by atoms with Gasteiger partial charge in [0, 0.05) is 106 Å². The van der Waals surface area contributed by atoms with E-state index in [0.29, 0.717) is 70.2 Å². The van der Waals surface area contributed by atoms with Crippen LogP contribution < -0.4 is 21.7 Å². The van der Waals surface area contributed by atoms with Crippen molar-refractivity contribution in [3.05, 3.63) is 273 Å². The molecule has 2 aliphatic rings. The van der Waals surface area contributed by atoms with Gasteiger partial charge in [-0.1, -0.05) is 84.9 Å². The molecule has 4 aromatic heterocycles. The minimum atomic E-state index is -0.580. The third-order valence-electron chi connectivity index (χ3n) is 15.1. The predicted octanol–water partition coefficient (Wildman–Crippen LogP) is 11.9. The summed E-state index contributed by atoms with van der Waals surface area (Å²) in [5.74, 6) is -1.10. The summed E-state index contributed by atoms with van der Waals surface area (Å²) >= 11 is 0. The van der Waals surface area contributed by atoms with Gasteiger partial charge in [-0.15, -0.1) is 0 Å². The standard InChI is InChI=1S/C33H27FN4O2.C17H11FN2O3.C16H16N2/c34-23-8-10-26-28(15-23)36-29(31(26)32-27-16-24(39)9-11-25(27)33(40)37-32)18-35-17-21-6-7-22-12-13-38(30(22)14-21)19-20-4-2-1-3-5-20;18-8-1-3-11-13(5-8)19-14(7-21)15(11)16-12-6-9(22)2-4-10(12)17(23)20-16;17-11-14-6-7-15-8-9-18(16(15)10-14)12-13-4-2-1-3-5-13/h1-16,32,35-36,39H,17-19H2,(H,37,40);1-7,16,19,22H,(H,20,23);1-10H,11-12,17H2. The van der Waals surface area contributed by atoms with Crippen LogP contribution >= 0.6 is 0 Å². The number of phenolic OH excluding ortho intramolecular Hbond substituents is 2. The number of fused-ring (bicyclic) bond motifs is 6. The number of nitrogens with two attached hydrogens (primary N) is 1. The topological polar surface area (TPSA) is 195 Å². The maximum absolute atomic E-state index is 14.1. The number of halogens is 2. The quantitative estimate of drug-likeness (QED) is 0.0557. The van der Waals surface area contributed by atoms with E-state index in [1.165, 1.54) is 87.0 Å². The summed E-state index contributed by atoms with van der Waals surface area (Å²) in [6.07, 6.45) is 4.90. The summed E-state index contributed by atoms with van der Waals surface area (Å²) < 4.78 is 32.0. The minimum Gasteiger partial charge on any atom is -0.508 e. The van der Waals surface area contributed by atoms with Crippen LogP contribution in [0.5, 0.6) is 11.5 Å². The Kier molecular flexibility index (Phi) is 14.0. The maximum atomic E-state index is 14.1. The zero-order valence-electron chi connectivity index (χ0n) is 43.6. The van der Waals surface area contributed by atoms with Crippen LogP contribution in [0.2, 0.25) is 0 Å². The van der Waals surface area contributed by atoms with E-state index in [2.05, 4.69) is 145 Å². The van der Waals surface area contributed by atoms with Crippen LogP contribution in [0, 0.1) is 11.6 Å². The van der Waals surface area contributed by atoms with Crippen LogP contribution in [0.3, 0.4) is 0 Å². The average molecular weight is 1080 g/mol. The van der Waals surface area contributed by atoms with Gasteiger partial charge >= 0.3 is 0 Å². The lowest BCUT2D eigenvalue weighted by molar-refractivity contribution is 0.0952.